The number of nitrogens with one attached hydrogen (secondary N) is 1. The van der Waals surface area contributed by atoms with Gasteiger partial charge in [-0.3, -0.25) is 10.1 Å². The first kappa shape index (κ1) is 20.6. The number of dihydropyridines is 1. The monoisotopic (exact) mass is 400 g/mol. The number of allylic oxidation sites excluding steroid dienone is 2. The van der Waals surface area contributed by atoms with E-state index in [-0.39, 0.29) is 22.9 Å². The highest BCUT2D eigenvalue weighted by Crippen LogP contribution is 2.40. The van der Waals surface area contributed by atoms with E-state index in [2.05, 4.69) is 5.32 Å². The number of hydrogen-bond donors (Lipinski definition) is 2. The van der Waals surface area contributed by atoms with Gasteiger partial charge in [-0.15, -0.1) is 0 Å². The van der Waals surface area contributed by atoms with E-state index in [1.54, 1.807) is 19.9 Å². The minimum absolute atomic E-state index is 0.0216. The van der Waals surface area contributed by atoms with Crippen molar-refractivity contribution in [2.75, 3.05) is 0 Å². The van der Waals surface area contributed by atoms with Crippen LogP contribution >= 0.6 is 0 Å². The van der Waals surface area contributed by atoms with E-state index < -0.39 is 22.8 Å². The molecule has 8 heteroatoms. The number of nitro benzene ring substituents is 1. The van der Waals surface area contributed by atoms with Gasteiger partial charge in [0.25, 0.3) is 5.69 Å². The standard InChI is InChI=1S/C21H24N2O6/c1-12-17(20(24)25)19(14-7-6-8-15(11-14)23(27)28)18(13(2)22-12)21(26)29-16-9-4-3-5-10-16/h6-8,11,16,19,22H,3-5,9-10H2,1-2H3,(H,24,25). The molecule has 1 atom stereocenters. The molecule has 2 aliphatic rings. The van der Waals surface area contributed by atoms with E-state index in [0.717, 1.165) is 32.1 Å². The fourth-order valence-corrected chi connectivity index (χ4v) is 4.10. The van der Waals surface area contributed by atoms with Gasteiger partial charge in [-0.1, -0.05) is 18.6 Å². The summed E-state index contributed by atoms with van der Waals surface area (Å²) in [5.41, 5.74) is 1.24. The van der Waals surface area contributed by atoms with Gasteiger partial charge in [0.1, 0.15) is 6.10 Å². The number of nitro groups is 1. The van der Waals surface area contributed by atoms with Crippen LogP contribution in [0.2, 0.25) is 0 Å². The van der Waals surface area contributed by atoms with Crippen molar-refractivity contribution in [3.05, 3.63) is 62.5 Å². The van der Waals surface area contributed by atoms with Crippen molar-refractivity contribution in [2.24, 2.45) is 0 Å². The topological polar surface area (TPSA) is 119 Å². The number of esters is 1. The fourth-order valence-electron chi connectivity index (χ4n) is 4.10. The second-order valence-electron chi connectivity index (χ2n) is 7.46. The summed E-state index contributed by atoms with van der Waals surface area (Å²) in [5, 5.41) is 24.0. The fraction of sp³-hybridized carbons (Fsp3) is 0.429. The third kappa shape index (κ3) is 4.31. The summed E-state index contributed by atoms with van der Waals surface area (Å²) in [6.45, 7) is 3.30. The van der Waals surface area contributed by atoms with Crippen molar-refractivity contribution in [1.29, 1.82) is 0 Å². The molecule has 29 heavy (non-hydrogen) atoms. The summed E-state index contributed by atoms with van der Waals surface area (Å²) in [6.07, 6.45) is 4.46. The molecular weight excluding hydrogens is 376 g/mol. The van der Waals surface area contributed by atoms with Crippen LogP contribution in [0.4, 0.5) is 5.69 Å². The zero-order chi connectivity index (χ0) is 21.1. The Morgan fingerprint density at radius 1 is 1.14 bits per heavy atom. The molecule has 154 valence electrons. The van der Waals surface area contributed by atoms with Crippen molar-refractivity contribution in [1.82, 2.24) is 5.32 Å². The predicted molar refractivity (Wildman–Crippen MR) is 105 cm³/mol. The predicted octanol–water partition coefficient (Wildman–Crippen LogP) is 3.79. The molecule has 0 spiro atoms. The van der Waals surface area contributed by atoms with Gasteiger partial charge in [0, 0.05) is 23.5 Å². The van der Waals surface area contributed by atoms with Crippen LogP contribution in [0.25, 0.3) is 0 Å². The number of aliphatic carboxylic acids is 1. The molecule has 0 aromatic heterocycles. The molecule has 0 radical (unpaired) electrons. The Morgan fingerprint density at radius 2 is 1.79 bits per heavy atom. The normalized spacial score (nSPS) is 20.3. The minimum Gasteiger partial charge on any atom is -0.478 e. The molecule has 8 nitrogen and oxygen atoms in total. The molecule has 2 N–H and O–H groups in total. The van der Waals surface area contributed by atoms with Crippen LogP contribution < -0.4 is 5.32 Å². The summed E-state index contributed by atoms with van der Waals surface area (Å²) in [6, 6.07) is 5.73. The molecule has 1 aliphatic heterocycles. The van der Waals surface area contributed by atoms with Crippen LogP contribution in [0, 0.1) is 10.1 Å². The van der Waals surface area contributed by atoms with Crippen molar-refractivity contribution in [3.8, 4) is 0 Å². The zero-order valence-electron chi connectivity index (χ0n) is 16.4. The van der Waals surface area contributed by atoms with Crippen molar-refractivity contribution in [2.45, 2.75) is 58.0 Å². The Bertz CT molecular complexity index is 912. The molecule has 1 aromatic rings. The molecule has 1 heterocycles. The number of carbonyl (C=O) groups excluding carboxylic acids is 1. The van der Waals surface area contributed by atoms with Gasteiger partial charge in [0.15, 0.2) is 0 Å². The van der Waals surface area contributed by atoms with Crippen LogP contribution in [0.3, 0.4) is 0 Å². The molecular formula is C21H24N2O6. The number of carboxylic acid groups (broad SMARTS) is 1. The lowest BCUT2D eigenvalue weighted by Crippen LogP contribution is -2.33. The first-order valence-electron chi connectivity index (χ1n) is 9.66. The van der Waals surface area contributed by atoms with Crippen LogP contribution in [-0.2, 0) is 14.3 Å². The number of ether oxygens (including phenoxy) is 1. The van der Waals surface area contributed by atoms with Gasteiger partial charge >= 0.3 is 11.9 Å². The maximum Gasteiger partial charge on any atom is 0.337 e. The average molecular weight is 400 g/mol. The third-order valence-electron chi connectivity index (χ3n) is 5.45. The van der Waals surface area contributed by atoms with Gasteiger partial charge < -0.3 is 15.2 Å². The Morgan fingerprint density at radius 3 is 2.41 bits per heavy atom. The van der Waals surface area contributed by atoms with E-state index in [1.807, 2.05) is 0 Å². The number of carboxylic acids is 1. The van der Waals surface area contributed by atoms with Crippen LogP contribution in [0.15, 0.2) is 46.8 Å². The van der Waals surface area contributed by atoms with Gasteiger partial charge in [0.2, 0.25) is 0 Å². The van der Waals surface area contributed by atoms with Gasteiger partial charge in [0.05, 0.1) is 22.0 Å². The SMILES string of the molecule is CC1=C(C(=O)O)C(c2cccc([N+](=O)[O-])c2)C(C(=O)OC2CCCCC2)=C(C)N1. The second-order valence-corrected chi connectivity index (χ2v) is 7.46. The summed E-state index contributed by atoms with van der Waals surface area (Å²) in [7, 11) is 0. The highest BCUT2D eigenvalue weighted by molar-refractivity contribution is 5.99. The lowest BCUT2D eigenvalue weighted by atomic mass is 9.80. The molecule has 1 aliphatic carbocycles. The summed E-state index contributed by atoms with van der Waals surface area (Å²) < 4.78 is 5.71. The van der Waals surface area contributed by atoms with Crippen LogP contribution in [-0.4, -0.2) is 28.1 Å². The average Bonchev–Trinajstić information content (AvgIpc) is 2.67. The molecule has 1 aromatic carbocycles. The summed E-state index contributed by atoms with van der Waals surface area (Å²) in [5.74, 6) is -2.73. The van der Waals surface area contributed by atoms with Crippen LogP contribution in [0.5, 0.6) is 0 Å². The Labute approximate surface area is 168 Å². The lowest BCUT2D eigenvalue weighted by Gasteiger charge is -2.31. The molecule has 0 amide bonds. The zero-order valence-corrected chi connectivity index (χ0v) is 16.4. The van der Waals surface area contributed by atoms with E-state index >= 15 is 0 Å². The van der Waals surface area contributed by atoms with Crippen molar-refractivity contribution >= 4 is 17.6 Å². The Hall–Kier alpha value is -3.16. The Balaban J connectivity index is 2.05. The number of hydrogen-bond acceptors (Lipinski definition) is 6. The van der Waals surface area contributed by atoms with E-state index in [0.29, 0.717) is 17.0 Å². The second kappa shape index (κ2) is 8.46. The van der Waals surface area contributed by atoms with Crippen molar-refractivity contribution in [3.63, 3.8) is 0 Å². The highest BCUT2D eigenvalue weighted by Gasteiger charge is 2.38. The number of carbonyl (C=O) groups is 2. The number of rotatable bonds is 5. The maximum atomic E-state index is 13.1. The maximum absolute atomic E-state index is 13.1. The molecule has 1 saturated carbocycles. The third-order valence-corrected chi connectivity index (χ3v) is 5.45. The van der Waals surface area contributed by atoms with E-state index in [9.17, 15) is 24.8 Å². The number of benzene rings is 1. The minimum atomic E-state index is -1.19. The van der Waals surface area contributed by atoms with Gasteiger partial charge in [-0.2, -0.15) is 0 Å². The van der Waals surface area contributed by atoms with Gasteiger partial charge in [-0.05, 0) is 45.1 Å². The highest BCUT2D eigenvalue weighted by atomic mass is 16.6. The Kier molecular flexibility index (Phi) is 6.00. The summed E-state index contributed by atoms with van der Waals surface area (Å²) >= 11 is 0. The van der Waals surface area contributed by atoms with E-state index in [1.165, 1.54) is 18.2 Å². The quantitative estimate of drug-likeness (QED) is 0.438. The van der Waals surface area contributed by atoms with Crippen molar-refractivity contribution < 1.29 is 24.4 Å². The van der Waals surface area contributed by atoms with Crippen LogP contribution in [0.1, 0.15) is 57.4 Å². The smallest absolute Gasteiger partial charge is 0.337 e. The first-order valence-corrected chi connectivity index (χ1v) is 9.66. The first-order chi connectivity index (χ1) is 13.8. The number of nitrogens with zero attached hydrogens (tertiary/aromatic N) is 1. The molecule has 0 saturated heterocycles. The molecule has 1 fully saturated rings. The number of non-ortho nitro benzene ring substituents is 1. The lowest BCUT2D eigenvalue weighted by molar-refractivity contribution is -0.384. The molecule has 1 unspecified atom stereocenters. The van der Waals surface area contributed by atoms with E-state index in [4.69, 9.17) is 4.74 Å². The molecule has 0 bridgehead atoms. The summed E-state index contributed by atoms with van der Waals surface area (Å²) in [4.78, 5) is 35.8. The van der Waals surface area contributed by atoms with Gasteiger partial charge in [-0.25, -0.2) is 9.59 Å². The largest absolute Gasteiger partial charge is 0.478 e. The molecule has 3 rings (SSSR count).